The second-order valence-corrected chi connectivity index (χ2v) is 7.42. The average Bonchev–Trinajstić information content (AvgIpc) is 2.67. The van der Waals surface area contributed by atoms with Gasteiger partial charge in [-0.15, -0.1) is 0 Å². The minimum absolute atomic E-state index is 0.0322. The Bertz CT molecular complexity index is 800. The number of aryl methyl sites for hydroxylation is 3. The van der Waals surface area contributed by atoms with E-state index in [4.69, 9.17) is 9.47 Å². The third-order valence-corrected chi connectivity index (χ3v) is 5.10. The molecule has 0 spiro atoms. The molecule has 2 aromatic rings. The molecule has 27 heavy (non-hydrogen) atoms. The Hall–Kier alpha value is -2.49. The average molecular weight is 367 g/mol. The number of carbonyl (C=O) groups is 1. The Morgan fingerprint density at radius 2 is 1.89 bits per heavy atom. The molecule has 3 rings (SSSR count). The highest BCUT2D eigenvalue weighted by molar-refractivity contribution is 5.77. The molecule has 1 aliphatic carbocycles. The molecule has 1 N–H and O–H groups in total. The molecule has 0 aliphatic heterocycles. The number of amides is 1. The van der Waals surface area contributed by atoms with E-state index in [0.29, 0.717) is 6.61 Å². The zero-order valence-electron chi connectivity index (χ0n) is 16.5. The number of fused-ring (bicyclic) bond motifs is 1. The van der Waals surface area contributed by atoms with Crippen LogP contribution in [0.4, 0.5) is 0 Å². The number of rotatable bonds is 7. The first-order valence-electron chi connectivity index (χ1n) is 9.76. The molecule has 0 aromatic heterocycles. The lowest BCUT2D eigenvalue weighted by Gasteiger charge is -2.20. The van der Waals surface area contributed by atoms with Gasteiger partial charge in [0.15, 0.2) is 6.61 Å². The Balaban J connectivity index is 1.45. The number of nitrogens with one attached hydrogen (secondary N) is 1. The topological polar surface area (TPSA) is 47.6 Å². The largest absolute Gasteiger partial charge is 0.491 e. The van der Waals surface area contributed by atoms with Crippen LogP contribution in [-0.4, -0.2) is 25.2 Å². The molecule has 0 unspecified atom stereocenters. The maximum atomic E-state index is 12.2. The van der Waals surface area contributed by atoms with Crippen LogP contribution < -0.4 is 14.8 Å². The van der Waals surface area contributed by atoms with Gasteiger partial charge in [0.05, 0.1) is 6.04 Å². The highest BCUT2D eigenvalue weighted by Gasteiger charge is 2.15. The van der Waals surface area contributed by atoms with E-state index < -0.39 is 0 Å². The van der Waals surface area contributed by atoms with Crippen LogP contribution in [-0.2, 0) is 17.6 Å². The van der Waals surface area contributed by atoms with Crippen molar-refractivity contribution in [3.63, 3.8) is 0 Å². The van der Waals surface area contributed by atoms with Crippen LogP contribution in [0.3, 0.4) is 0 Å². The minimum atomic E-state index is -0.125. The number of benzene rings is 2. The number of ether oxygens (including phenoxy) is 2. The molecule has 0 saturated heterocycles. The summed E-state index contributed by atoms with van der Waals surface area (Å²) >= 11 is 0. The zero-order chi connectivity index (χ0) is 19.2. The lowest BCUT2D eigenvalue weighted by Crippen LogP contribution is -2.39. The van der Waals surface area contributed by atoms with E-state index in [-0.39, 0.29) is 18.6 Å². The standard InChI is InChI=1S/C23H29NO3/c1-16-11-12-20(13-17(16)2)26-14-18(3)24-23(25)15-27-22-10-6-8-19-7-4-5-9-21(19)22/h6,8,10-13,18H,4-5,7,9,14-15H2,1-3H3,(H,24,25)/t18-/m1/s1. The smallest absolute Gasteiger partial charge is 0.258 e. The second kappa shape index (κ2) is 8.94. The van der Waals surface area contributed by atoms with Crippen molar-refractivity contribution in [3.05, 3.63) is 58.7 Å². The number of hydrogen-bond donors (Lipinski definition) is 1. The number of carbonyl (C=O) groups excluding carboxylic acids is 1. The summed E-state index contributed by atoms with van der Waals surface area (Å²) in [7, 11) is 0. The summed E-state index contributed by atoms with van der Waals surface area (Å²) in [6.07, 6.45) is 4.56. The monoisotopic (exact) mass is 367 g/mol. The van der Waals surface area contributed by atoms with E-state index in [2.05, 4.69) is 25.2 Å². The van der Waals surface area contributed by atoms with E-state index in [9.17, 15) is 4.79 Å². The van der Waals surface area contributed by atoms with Gasteiger partial charge in [-0.2, -0.15) is 0 Å². The van der Waals surface area contributed by atoms with Crippen LogP contribution >= 0.6 is 0 Å². The lowest BCUT2D eigenvalue weighted by atomic mass is 9.91. The molecule has 0 fully saturated rings. The van der Waals surface area contributed by atoms with Crippen LogP contribution in [0, 0.1) is 13.8 Å². The molecule has 2 aromatic carbocycles. The summed E-state index contributed by atoms with van der Waals surface area (Å²) in [6, 6.07) is 12.1. The number of hydrogen-bond acceptors (Lipinski definition) is 3. The van der Waals surface area contributed by atoms with Crippen LogP contribution in [0.2, 0.25) is 0 Å². The first-order chi connectivity index (χ1) is 13.0. The van der Waals surface area contributed by atoms with Gasteiger partial charge in [0.2, 0.25) is 0 Å². The van der Waals surface area contributed by atoms with Gasteiger partial charge in [0.25, 0.3) is 5.91 Å². The molecular formula is C23H29NO3. The maximum Gasteiger partial charge on any atom is 0.258 e. The van der Waals surface area contributed by atoms with Gasteiger partial charge in [-0.1, -0.05) is 18.2 Å². The minimum Gasteiger partial charge on any atom is -0.491 e. The SMILES string of the molecule is Cc1ccc(OC[C@@H](C)NC(=O)COc2cccc3c2CCCC3)cc1C. The molecule has 0 bridgehead atoms. The fourth-order valence-corrected chi connectivity index (χ4v) is 3.41. The lowest BCUT2D eigenvalue weighted by molar-refractivity contribution is -0.123. The van der Waals surface area contributed by atoms with Crippen molar-refractivity contribution in [1.82, 2.24) is 5.32 Å². The van der Waals surface area contributed by atoms with Gasteiger partial charge < -0.3 is 14.8 Å². The third kappa shape index (κ3) is 5.25. The Labute approximate surface area is 161 Å². The van der Waals surface area contributed by atoms with Crippen molar-refractivity contribution in [2.45, 2.75) is 52.5 Å². The van der Waals surface area contributed by atoms with E-state index >= 15 is 0 Å². The highest BCUT2D eigenvalue weighted by atomic mass is 16.5. The quantitative estimate of drug-likeness (QED) is 0.800. The molecule has 0 heterocycles. The Kier molecular flexibility index (Phi) is 6.38. The first kappa shape index (κ1) is 19.3. The molecule has 0 saturated carbocycles. The normalized spacial score (nSPS) is 14.2. The summed E-state index contributed by atoms with van der Waals surface area (Å²) < 4.78 is 11.6. The summed E-state index contributed by atoms with van der Waals surface area (Å²) in [5.74, 6) is 1.55. The maximum absolute atomic E-state index is 12.2. The van der Waals surface area contributed by atoms with Crippen molar-refractivity contribution in [1.29, 1.82) is 0 Å². The fourth-order valence-electron chi connectivity index (χ4n) is 3.41. The molecular weight excluding hydrogens is 338 g/mol. The van der Waals surface area contributed by atoms with Gasteiger partial charge >= 0.3 is 0 Å². The van der Waals surface area contributed by atoms with Gasteiger partial charge in [0, 0.05) is 0 Å². The summed E-state index contributed by atoms with van der Waals surface area (Å²) in [5.41, 5.74) is 5.06. The molecule has 0 radical (unpaired) electrons. The highest BCUT2D eigenvalue weighted by Crippen LogP contribution is 2.29. The first-order valence-corrected chi connectivity index (χ1v) is 9.76. The van der Waals surface area contributed by atoms with Crippen molar-refractivity contribution >= 4 is 5.91 Å². The van der Waals surface area contributed by atoms with Crippen molar-refractivity contribution in [3.8, 4) is 11.5 Å². The van der Waals surface area contributed by atoms with Crippen molar-refractivity contribution < 1.29 is 14.3 Å². The van der Waals surface area contributed by atoms with E-state index in [0.717, 1.165) is 24.3 Å². The van der Waals surface area contributed by atoms with Gasteiger partial charge in [-0.3, -0.25) is 4.79 Å². The molecule has 144 valence electrons. The van der Waals surface area contributed by atoms with E-state index in [1.165, 1.54) is 35.1 Å². The summed E-state index contributed by atoms with van der Waals surface area (Å²) in [6.45, 7) is 6.53. The second-order valence-electron chi connectivity index (χ2n) is 7.42. The molecule has 1 aliphatic rings. The van der Waals surface area contributed by atoms with E-state index in [1.807, 2.05) is 37.3 Å². The van der Waals surface area contributed by atoms with Gasteiger partial charge in [0.1, 0.15) is 18.1 Å². The predicted molar refractivity (Wildman–Crippen MR) is 108 cm³/mol. The van der Waals surface area contributed by atoms with Gasteiger partial charge in [-0.25, -0.2) is 0 Å². The Morgan fingerprint density at radius 1 is 1.07 bits per heavy atom. The summed E-state index contributed by atoms with van der Waals surface area (Å²) in [5, 5.41) is 2.94. The van der Waals surface area contributed by atoms with Crippen molar-refractivity contribution in [2.75, 3.05) is 13.2 Å². The van der Waals surface area contributed by atoms with Crippen molar-refractivity contribution in [2.24, 2.45) is 0 Å². The van der Waals surface area contributed by atoms with E-state index in [1.54, 1.807) is 0 Å². The summed E-state index contributed by atoms with van der Waals surface area (Å²) in [4.78, 5) is 12.2. The fraction of sp³-hybridized carbons (Fsp3) is 0.435. The molecule has 1 amide bonds. The predicted octanol–water partition coefficient (Wildman–Crippen LogP) is 4.14. The Morgan fingerprint density at radius 3 is 2.70 bits per heavy atom. The van der Waals surface area contributed by atoms with Crippen LogP contribution in [0.5, 0.6) is 11.5 Å². The van der Waals surface area contributed by atoms with Crippen LogP contribution in [0.15, 0.2) is 36.4 Å². The molecule has 4 heteroatoms. The van der Waals surface area contributed by atoms with Gasteiger partial charge in [-0.05, 0) is 86.9 Å². The third-order valence-electron chi connectivity index (χ3n) is 5.10. The van der Waals surface area contributed by atoms with Crippen LogP contribution in [0.25, 0.3) is 0 Å². The van der Waals surface area contributed by atoms with Crippen LogP contribution in [0.1, 0.15) is 42.0 Å². The zero-order valence-corrected chi connectivity index (χ0v) is 16.5. The molecule has 1 atom stereocenters. The molecule has 4 nitrogen and oxygen atoms in total.